The van der Waals surface area contributed by atoms with Crippen LogP contribution in [-0.4, -0.2) is 51.4 Å². The van der Waals surface area contributed by atoms with Crippen LogP contribution >= 0.6 is 0 Å². The van der Waals surface area contributed by atoms with Crippen molar-refractivity contribution in [2.24, 2.45) is 0 Å². The Kier molecular flexibility index (Phi) is 6.12. The molecule has 0 fully saturated rings. The van der Waals surface area contributed by atoms with Crippen molar-refractivity contribution in [3.05, 3.63) is 36.0 Å². The predicted molar refractivity (Wildman–Crippen MR) is 85.4 cm³/mol. The maximum absolute atomic E-state index is 12.0. The molecule has 22 heavy (non-hydrogen) atoms. The molecule has 0 spiro atoms. The highest BCUT2D eigenvalue weighted by Crippen LogP contribution is 2.19. The summed E-state index contributed by atoms with van der Waals surface area (Å²) in [7, 11) is 3.28. The van der Waals surface area contributed by atoms with Crippen molar-refractivity contribution < 1.29 is 14.3 Å². The number of methoxy groups -OCH3 is 2. The molecule has 2 aromatic rings. The summed E-state index contributed by atoms with van der Waals surface area (Å²) in [5, 5.41) is 6.94. The Morgan fingerprint density at radius 1 is 1.14 bits per heavy atom. The van der Waals surface area contributed by atoms with Crippen molar-refractivity contribution >= 4 is 16.8 Å². The van der Waals surface area contributed by atoms with E-state index in [9.17, 15) is 4.79 Å². The average molecular weight is 303 g/mol. The van der Waals surface area contributed by atoms with Crippen LogP contribution in [0.3, 0.4) is 0 Å². The summed E-state index contributed by atoms with van der Waals surface area (Å²) in [5.41, 5.74) is 1.18. The molecule has 0 unspecified atom stereocenters. The number of carbonyl (C=O) groups is 1. The van der Waals surface area contributed by atoms with Gasteiger partial charge in [0.15, 0.2) is 0 Å². The van der Waals surface area contributed by atoms with E-state index in [0.29, 0.717) is 25.4 Å². The molecule has 2 rings (SSSR count). The zero-order valence-electron chi connectivity index (χ0n) is 12.9. The fourth-order valence-corrected chi connectivity index (χ4v) is 2.01. The van der Waals surface area contributed by atoms with Gasteiger partial charge >= 0.3 is 0 Å². The number of ether oxygens (including phenoxy) is 2. The van der Waals surface area contributed by atoms with Gasteiger partial charge < -0.3 is 20.1 Å². The minimum absolute atomic E-state index is 0.175. The van der Waals surface area contributed by atoms with Gasteiger partial charge in [0, 0.05) is 32.1 Å². The normalized spacial score (nSPS) is 10.6. The molecule has 0 saturated heterocycles. The van der Waals surface area contributed by atoms with Gasteiger partial charge in [-0.3, -0.25) is 4.79 Å². The van der Waals surface area contributed by atoms with Crippen LogP contribution in [0.1, 0.15) is 10.5 Å². The van der Waals surface area contributed by atoms with E-state index < -0.39 is 0 Å². The highest BCUT2D eigenvalue weighted by Gasteiger charge is 2.07. The summed E-state index contributed by atoms with van der Waals surface area (Å²) in [4.78, 5) is 16.4. The molecule has 6 heteroatoms. The number of nitrogens with zero attached hydrogens (tertiary/aromatic N) is 1. The van der Waals surface area contributed by atoms with Crippen molar-refractivity contribution in [2.45, 2.75) is 0 Å². The standard InChI is InChI=1S/C16H21N3O3/c1-21-10-9-17-7-8-18-16(20)15-5-3-12-11-13(22-2)4-6-14(12)19-15/h3-6,11,17H,7-10H2,1-2H3,(H,18,20). The molecule has 0 atom stereocenters. The van der Waals surface area contributed by atoms with Crippen LogP contribution in [-0.2, 0) is 4.74 Å². The summed E-state index contributed by atoms with van der Waals surface area (Å²) < 4.78 is 10.1. The third-order valence-corrected chi connectivity index (χ3v) is 3.20. The molecule has 1 heterocycles. The SMILES string of the molecule is COCCNCCNC(=O)c1ccc2cc(OC)ccc2n1. The van der Waals surface area contributed by atoms with Crippen LogP contribution in [0, 0.1) is 0 Å². The van der Waals surface area contributed by atoms with E-state index in [0.717, 1.165) is 23.2 Å². The lowest BCUT2D eigenvalue weighted by molar-refractivity contribution is 0.0949. The number of nitrogens with one attached hydrogen (secondary N) is 2. The van der Waals surface area contributed by atoms with Crippen molar-refractivity contribution in [3.8, 4) is 5.75 Å². The van der Waals surface area contributed by atoms with Crippen molar-refractivity contribution in [3.63, 3.8) is 0 Å². The minimum atomic E-state index is -0.175. The molecule has 0 aliphatic heterocycles. The first-order valence-electron chi connectivity index (χ1n) is 7.17. The van der Waals surface area contributed by atoms with Gasteiger partial charge in [0.2, 0.25) is 0 Å². The molecular formula is C16H21N3O3. The Hall–Kier alpha value is -2.18. The number of carbonyl (C=O) groups excluding carboxylic acids is 1. The van der Waals surface area contributed by atoms with Gasteiger partial charge in [-0.25, -0.2) is 4.98 Å². The molecule has 118 valence electrons. The number of amides is 1. The smallest absolute Gasteiger partial charge is 0.269 e. The molecule has 1 aromatic carbocycles. The van der Waals surface area contributed by atoms with E-state index in [4.69, 9.17) is 9.47 Å². The summed E-state index contributed by atoms with van der Waals surface area (Å²) in [5.74, 6) is 0.597. The minimum Gasteiger partial charge on any atom is -0.497 e. The van der Waals surface area contributed by atoms with Crippen LogP contribution < -0.4 is 15.4 Å². The summed E-state index contributed by atoms with van der Waals surface area (Å²) in [6.45, 7) is 2.66. The third kappa shape index (κ3) is 4.41. The largest absolute Gasteiger partial charge is 0.497 e. The monoisotopic (exact) mass is 303 g/mol. The summed E-state index contributed by atoms with van der Waals surface area (Å²) >= 11 is 0. The Morgan fingerprint density at radius 3 is 2.77 bits per heavy atom. The van der Waals surface area contributed by atoms with Crippen LogP contribution in [0.15, 0.2) is 30.3 Å². The first-order chi connectivity index (χ1) is 10.7. The number of pyridine rings is 1. The van der Waals surface area contributed by atoms with Gasteiger partial charge in [0.25, 0.3) is 5.91 Å². The number of aromatic nitrogens is 1. The molecule has 2 N–H and O–H groups in total. The Balaban J connectivity index is 1.91. The molecule has 0 aliphatic carbocycles. The highest BCUT2D eigenvalue weighted by atomic mass is 16.5. The second-order valence-electron chi connectivity index (χ2n) is 4.75. The topological polar surface area (TPSA) is 72.5 Å². The lowest BCUT2D eigenvalue weighted by atomic mass is 10.2. The third-order valence-electron chi connectivity index (χ3n) is 3.20. The first-order valence-corrected chi connectivity index (χ1v) is 7.17. The van der Waals surface area contributed by atoms with Gasteiger partial charge in [0.05, 0.1) is 19.2 Å². The van der Waals surface area contributed by atoms with Gasteiger partial charge in [-0.15, -0.1) is 0 Å². The van der Waals surface area contributed by atoms with Crippen LogP contribution in [0.2, 0.25) is 0 Å². The van der Waals surface area contributed by atoms with E-state index in [1.54, 1.807) is 20.3 Å². The fourth-order valence-electron chi connectivity index (χ4n) is 2.01. The number of hydrogen-bond donors (Lipinski definition) is 2. The molecule has 1 amide bonds. The van der Waals surface area contributed by atoms with E-state index in [-0.39, 0.29) is 5.91 Å². The number of rotatable bonds is 8. The number of benzene rings is 1. The quantitative estimate of drug-likeness (QED) is 0.717. The number of hydrogen-bond acceptors (Lipinski definition) is 5. The van der Waals surface area contributed by atoms with E-state index in [2.05, 4.69) is 15.6 Å². The van der Waals surface area contributed by atoms with E-state index in [1.165, 1.54) is 0 Å². The molecule has 0 bridgehead atoms. The summed E-state index contributed by atoms with van der Waals surface area (Å²) in [6.07, 6.45) is 0. The second-order valence-corrected chi connectivity index (χ2v) is 4.75. The lowest BCUT2D eigenvalue weighted by Gasteiger charge is -2.07. The summed E-state index contributed by atoms with van der Waals surface area (Å²) in [6, 6.07) is 9.16. The predicted octanol–water partition coefficient (Wildman–Crippen LogP) is 1.21. The zero-order valence-corrected chi connectivity index (χ0v) is 12.9. The maximum atomic E-state index is 12.0. The Bertz CT molecular complexity index is 631. The van der Waals surface area contributed by atoms with Gasteiger partial charge in [-0.1, -0.05) is 6.07 Å². The average Bonchev–Trinajstić information content (AvgIpc) is 2.56. The van der Waals surface area contributed by atoms with Crippen molar-refractivity contribution in [1.82, 2.24) is 15.6 Å². The Labute approximate surface area is 129 Å². The van der Waals surface area contributed by atoms with Gasteiger partial charge in [0.1, 0.15) is 11.4 Å². The number of fused-ring (bicyclic) bond motifs is 1. The van der Waals surface area contributed by atoms with Gasteiger partial charge in [-0.2, -0.15) is 0 Å². The maximum Gasteiger partial charge on any atom is 0.269 e. The van der Waals surface area contributed by atoms with E-state index >= 15 is 0 Å². The molecule has 1 aromatic heterocycles. The highest BCUT2D eigenvalue weighted by molar-refractivity contribution is 5.95. The first kappa shape index (κ1) is 16.2. The van der Waals surface area contributed by atoms with E-state index in [1.807, 2.05) is 24.3 Å². The van der Waals surface area contributed by atoms with Crippen LogP contribution in [0.5, 0.6) is 5.75 Å². The molecule has 0 radical (unpaired) electrons. The van der Waals surface area contributed by atoms with Crippen molar-refractivity contribution in [2.75, 3.05) is 40.5 Å². The molecule has 0 saturated carbocycles. The zero-order chi connectivity index (χ0) is 15.8. The van der Waals surface area contributed by atoms with Gasteiger partial charge in [-0.05, 0) is 24.3 Å². The molecule has 0 aliphatic rings. The molecular weight excluding hydrogens is 282 g/mol. The van der Waals surface area contributed by atoms with Crippen molar-refractivity contribution in [1.29, 1.82) is 0 Å². The second kappa shape index (κ2) is 8.31. The fraction of sp³-hybridized carbons (Fsp3) is 0.375. The Morgan fingerprint density at radius 2 is 2.00 bits per heavy atom. The lowest BCUT2D eigenvalue weighted by Crippen LogP contribution is -2.33. The van der Waals surface area contributed by atoms with Crippen LogP contribution in [0.4, 0.5) is 0 Å². The molecule has 6 nitrogen and oxygen atoms in total. The van der Waals surface area contributed by atoms with Crippen LogP contribution in [0.25, 0.3) is 10.9 Å².